The van der Waals surface area contributed by atoms with E-state index >= 15 is 0 Å². The zero-order valence-electron chi connectivity index (χ0n) is 8.47. The molecule has 1 rings (SSSR count). The Labute approximate surface area is 90.6 Å². The molecule has 0 amide bonds. The third-order valence-electron chi connectivity index (χ3n) is 1.96. The molecule has 1 unspecified atom stereocenters. The number of benzene rings is 1. The van der Waals surface area contributed by atoms with Gasteiger partial charge in [-0.15, -0.1) is 6.42 Å². The smallest absolute Gasteiger partial charge is 0.207 e. The van der Waals surface area contributed by atoms with Gasteiger partial charge in [0, 0.05) is 0 Å². The van der Waals surface area contributed by atoms with Crippen LogP contribution in [-0.2, 0) is 10.0 Å². The van der Waals surface area contributed by atoms with Gasteiger partial charge in [0.1, 0.15) is 0 Å². The van der Waals surface area contributed by atoms with Crippen molar-refractivity contribution in [2.45, 2.75) is 24.3 Å². The van der Waals surface area contributed by atoms with Crippen molar-refractivity contribution in [3.63, 3.8) is 0 Å². The second-order valence-electron chi connectivity index (χ2n) is 3.06. The second-order valence-corrected chi connectivity index (χ2v) is 4.78. The molecule has 0 aliphatic heterocycles. The molecule has 3 nitrogen and oxygen atoms in total. The minimum atomic E-state index is -3.48. The molecule has 1 aromatic rings. The number of hydrogen-bond acceptors (Lipinski definition) is 2. The van der Waals surface area contributed by atoms with Gasteiger partial charge in [-0.3, -0.25) is 0 Å². The van der Waals surface area contributed by atoms with Gasteiger partial charge in [0.2, 0.25) is 10.0 Å². The Balaban J connectivity index is 2.91. The highest BCUT2D eigenvalue weighted by atomic mass is 32.2. The molecule has 0 aliphatic rings. The SMILES string of the molecule is C#CC(CC)NS(=O)(=O)c1ccccc1. The minimum absolute atomic E-state index is 0.235. The van der Waals surface area contributed by atoms with E-state index < -0.39 is 16.1 Å². The number of nitrogens with one attached hydrogen (secondary N) is 1. The molecule has 4 heteroatoms. The van der Waals surface area contributed by atoms with Crippen LogP contribution in [0.4, 0.5) is 0 Å². The van der Waals surface area contributed by atoms with E-state index in [9.17, 15) is 8.42 Å². The summed E-state index contributed by atoms with van der Waals surface area (Å²) in [5.41, 5.74) is 0. The van der Waals surface area contributed by atoms with Crippen LogP contribution in [0.5, 0.6) is 0 Å². The molecule has 1 aromatic carbocycles. The van der Waals surface area contributed by atoms with E-state index in [2.05, 4.69) is 10.6 Å². The molecule has 0 heterocycles. The number of terminal acetylenes is 1. The summed E-state index contributed by atoms with van der Waals surface area (Å²) in [5, 5.41) is 0. The lowest BCUT2D eigenvalue weighted by Crippen LogP contribution is -2.33. The van der Waals surface area contributed by atoms with Crippen LogP contribution in [0.15, 0.2) is 35.2 Å². The van der Waals surface area contributed by atoms with Gasteiger partial charge in [0.15, 0.2) is 0 Å². The maximum Gasteiger partial charge on any atom is 0.241 e. The van der Waals surface area contributed by atoms with Gasteiger partial charge in [-0.2, -0.15) is 4.72 Å². The summed E-state index contributed by atoms with van der Waals surface area (Å²) in [5.74, 6) is 2.39. The lowest BCUT2D eigenvalue weighted by atomic mass is 10.3. The highest BCUT2D eigenvalue weighted by molar-refractivity contribution is 7.89. The van der Waals surface area contributed by atoms with Crippen molar-refractivity contribution in [1.82, 2.24) is 4.72 Å². The summed E-state index contributed by atoms with van der Waals surface area (Å²) >= 11 is 0. The van der Waals surface area contributed by atoms with Crippen molar-refractivity contribution >= 4 is 10.0 Å². The van der Waals surface area contributed by atoms with Crippen molar-refractivity contribution in [3.05, 3.63) is 30.3 Å². The Kier molecular flexibility index (Phi) is 3.89. The first-order chi connectivity index (χ1) is 7.10. The molecular formula is C11H13NO2S. The van der Waals surface area contributed by atoms with E-state index in [0.717, 1.165) is 0 Å². The third-order valence-corrected chi connectivity index (χ3v) is 3.45. The maximum absolute atomic E-state index is 11.8. The number of hydrogen-bond donors (Lipinski definition) is 1. The summed E-state index contributed by atoms with van der Waals surface area (Å²) in [6.07, 6.45) is 5.76. The van der Waals surface area contributed by atoms with E-state index in [-0.39, 0.29) is 4.90 Å². The Morgan fingerprint density at radius 3 is 2.47 bits per heavy atom. The second kappa shape index (κ2) is 4.96. The predicted molar refractivity (Wildman–Crippen MR) is 59.7 cm³/mol. The van der Waals surface area contributed by atoms with Crippen LogP contribution in [0.3, 0.4) is 0 Å². The molecule has 1 N–H and O–H groups in total. The largest absolute Gasteiger partial charge is 0.241 e. The fourth-order valence-electron chi connectivity index (χ4n) is 1.09. The van der Waals surface area contributed by atoms with E-state index in [1.54, 1.807) is 18.2 Å². The Morgan fingerprint density at radius 2 is 2.00 bits per heavy atom. The average Bonchev–Trinajstić information content (AvgIpc) is 2.27. The van der Waals surface area contributed by atoms with Crippen LogP contribution in [0.2, 0.25) is 0 Å². The minimum Gasteiger partial charge on any atom is -0.207 e. The van der Waals surface area contributed by atoms with E-state index in [1.165, 1.54) is 12.1 Å². The molecule has 15 heavy (non-hydrogen) atoms. The predicted octanol–water partition coefficient (Wildman–Crippen LogP) is 1.38. The van der Waals surface area contributed by atoms with Crippen molar-refractivity contribution in [1.29, 1.82) is 0 Å². The highest BCUT2D eigenvalue weighted by Crippen LogP contribution is 2.08. The monoisotopic (exact) mass is 223 g/mol. The first kappa shape index (κ1) is 11.8. The highest BCUT2D eigenvalue weighted by Gasteiger charge is 2.16. The van der Waals surface area contributed by atoms with Gasteiger partial charge in [0.05, 0.1) is 10.9 Å². The van der Waals surface area contributed by atoms with Crippen molar-refractivity contribution in [2.24, 2.45) is 0 Å². The normalized spacial score (nSPS) is 13.1. The Bertz CT molecular complexity index is 445. The molecule has 0 spiro atoms. The number of rotatable bonds is 4. The summed E-state index contributed by atoms with van der Waals surface area (Å²) in [6, 6.07) is 7.72. The summed E-state index contributed by atoms with van der Waals surface area (Å²) in [4.78, 5) is 0.235. The molecule has 0 bridgehead atoms. The topological polar surface area (TPSA) is 46.2 Å². The van der Waals surface area contributed by atoms with Crippen LogP contribution in [-0.4, -0.2) is 14.5 Å². The third kappa shape index (κ3) is 3.08. The van der Waals surface area contributed by atoms with E-state index in [4.69, 9.17) is 6.42 Å². The molecule has 0 fully saturated rings. The first-order valence-corrected chi connectivity index (χ1v) is 6.12. The van der Waals surface area contributed by atoms with Gasteiger partial charge in [-0.25, -0.2) is 8.42 Å². The fourth-order valence-corrected chi connectivity index (χ4v) is 2.35. The van der Waals surface area contributed by atoms with E-state index in [1.807, 2.05) is 6.92 Å². The molecule has 1 atom stereocenters. The van der Waals surface area contributed by atoms with Gasteiger partial charge in [-0.05, 0) is 18.6 Å². The molecule has 0 saturated carbocycles. The van der Waals surface area contributed by atoms with Gasteiger partial charge in [0.25, 0.3) is 0 Å². The zero-order valence-corrected chi connectivity index (χ0v) is 9.29. The molecule has 0 aliphatic carbocycles. The van der Waals surface area contributed by atoms with Crippen molar-refractivity contribution < 1.29 is 8.42 Å². The number of sulfonamides is 1. The fraction of sp³-hybridized carbons (Fsp3) is 0.273. The summed E-state index contributed by atoms with van der Waals surface area (Å²) in [6.45, 7) is 1.83. The molecular weight excluding hydrogens is 210 g/mol. The molecule has 80 valence electrons. The summed E-state index contributed by atoms with van der Waals surface area (Å²) in [7, 11) is -3.48. The van der Waals surface area contributed by atoms with E-state index in [0.29, 0.717) is 6.42 Å². The quantitative estimate of drug-likeness (QED) is 0.784. The Morgan fingerprint density at radius 1 is 1.40 bits per heavy atom. The van der Waals surface area contributed by atoms with Gasteiger partial charge in [-0.1, -0.05) is 31.0 Å². The van der Waals surface area contributed by atoms with Crippen LogP contribution in [0.25, 0.3) is 0 Å². The molecule has 0 radical (unpaired) electrons. The maximum atomic E-state index is 11.8. The lowest BCUT2D eigenvalue weighted by molar-refractivity contribution is 0.570. The van der Waals surface area contributed by atoms with Crippen LogP contribution in [0, 0.1) is 12.3 Å². The van der Waals surface area contributed by atoms with Crippen LogP contribution < -0.4 is 4.72 Å². The van der Waals surface area contributed by atoms with Crippen LogP contribution >= 0.6 is 0 Å². The van der Waals surface area contributed by atoms with Crippen LogP contribution in [0.1, 0.15) is 13.3 Å². The van der Waals surface area contributed by atoms with Gasteiger partial charge < -0.3 is 0 Å². The van der Waals surface area contributed by atoms with Gasteiger partial charge >= 0.3 is 0 Å². The first-order valence-electron chi connectivity index (χ1n) is 4.63. The van der Waals surface area contributed by atoms with Crippen molar-refractivity contribution in [2.75, 3.05) is 0 Å². The average molecular weight is 223 g/mol. The lowest BCUT2D eigenvalue weighted by Gasteiger charge is -2.10. The van der Waals surface area contributed by atoms with Crippen molar-refractivity contribution in [3.8, 4) is 12.3 Å². The molecule has 0 aromatic heterocycles. The Hall–Kier alpha value is -1.31. The summed E-state index contributed by atoms with van der Waals surface area (Å²) < 4.78 is 26.0. The standard InChI is InChI=1S/C11H13NO2S/c1-3-10(4-2)12-15(13,14)11-8-6-5-7-9-11/h1,5-10,12H,4H2,2H3. The zero-order chi connectivity index (χ0) is 11.3. The molecule has 0 saturated heterocycles.